The maximum Gasteiger partial charge on any atom is 0.322 e. The summed E-state index contributed by atoms with van der Waals surface area (Å²) >= 11 is 2.64. The number of aromatic nitrogens is 1. The average Bonchev–Trinajstić information content (AvgIpc) is 2.56. The molecule has 0 saturated heterocycles. The summed E-state index contributed by atoms with van der Waals surface area (Å²) in [6.45, 7) is 1.79. The summed E-state index contributed by atoms with van der Waals surface area (Å²) in [7, 11) is 1.49. The van der Waals surface area contributed by atoms with Crippen LogP contribution in [0.2, 0.25) is 0 Å². The lowest BCUT2D eigenvalue weighted by Crippen LogP contribution is -2.36. The van der Waals surface area contributed by atoms with Gasteiger partial charge in [0.1, 0.15) is 4.75 Å². The molecule has 6 heteroatoms. The van der Waals surface area contributed by atoms with Crippen molar-refractivity contribution in [3.63, 3.8) is 0 Å². The molecule has 0 saturated carbocycles. The van der Waals surface area contributed by atoms with Crippen molar-refractivity contribution in [3.05, 3.63) is 11.6 Å². The van der Waals surface area contributed by atoms with Crippen LogP contribution < -0.4 is 0 Å². The van der Waals surface area contributed by atoms with Gasteiger partial charge >= 0.3 is 5.97 Å². The smallest absolute Gasteiger partial charge is 0.322 e. The van der Waals surface area contributed by atoms with E-state index in [0.29, 0.717) is 0 Å². The minimum atomic E-state index is -0.966. The molecule has 0 aliphatic rings. The van der Waals surface area contributed by atoms with Gasteiger partial charge < -0.3 is 9.84 Å². The number of nitrogens with zero attached hydrogens (tertiary/aromatic N) is 1. The number of carbonyl (C=O) groups is 1. The largest absolute Gasteiger partial charge is 0.480 e. The van der Waals surface area contributed by atoms with Gasteiger partial charge in [-0.15, -0.1) is 11.3 Å². The first-order valence-electron chi connectivity index (χ1n) is 3.89. The van der Waals surface area contributed by atoms with Crippen molar-refractivity contribution in [2.75, 3.05) is 13.7 Å². The molecule has 1 unspecified atom stereocenters. The maximum atomic E-state index is 11.0. The second-order valence-corrected chi connectivity index (χ2v) is 5.51. The van der Waals surface area contributed by atoms with Crippen molar-refractivity contribution in [1.29, 1.82) is 0 Å². The Bertz CT molecular complexity index is 302. The molecule has 4 nitrogen and oxygen atoms in total. The third-order valence-electron chi connectivity index (χ3n) is 1.59. The Morgan fingerprint density at radius 1 is 1.86 bits per heavy atom. The summed E-state index contributed by atoms with van der Waals surface area (Å²) in [5, 5.41) is 10.9. The number of rotatable bonds is 5. The zero-order valence-corrected chi connectivity index (χ0v) is 9.52. The molecule has 0 radical (unpaired) electrons. The van der Waals surface area contributed by atoms with E-state index >= 15 is 0 Å². The summed E-state index contributed by atoms with van der Waals surface area (Å²) in [5.74, 6) is -0.889. The van der Waals surface area contributed by atoms with E-state index in [9.17, 15) is 4.79 Å². The molecule has 1 rings (SSSR count). The predicted molar refractivity (Wildman–Crippen MR) is 55.9 cm³/mol. The van der Waals surface area contributed by atoms with E-state index in [1.54, 1.807) is 13.1 Å². The fourth-order valence-corrected chi connectivity index (χ4v) is 2.90. The van der Waals surface area contributed by atoms with Crippen LogP contribution in [0.1, 0.15) is 6.92 Å². The molecule has 0 aromatic carbocycles. The molecule has 0 aliphatic heterocycles. The van der Waals surface area contributed by atoms with Crippen LogP contribution in [0.3, 0.4) is 0 Å². The number of thiazole rings is 1. The van der Waals surface area contributed by atoms with Gasteiger partial charge in [-0.05, 0) is 6.92 Å². The molecule has 1 N–H and O–H groups in total. The van der Waals surface area contributed by atoms with Crippen LogP contribution in [0, 0.1) is 0 Å². The van der Waals surface area contributed by atoms with Gasteiger partial charge in [-0.25, -0.2) is 4.98 Å². The second kappa shape index (κ2) is 4.77. The topological polar surface area (TPSA) is 59.4 Å². The van der Waals surface area contributed by atoms with Gasteiger partial charge in [0.2, 0.25) is 0 Å². The highest BCUT2D eigenvalue weighted by Gasteiger charge is 2.35. The number of carboxylic acid groups (broad SMARTS) is 1. The van der Waals surface area contributed by atoms with Crippen LogP contribution in [0.25, 0.3) is 0 Å². The van der Waals surface area contributed by atoms with Crippen molar-refractivity contribution < 1.29 is 14.6 Å². The number of hydrogen-bond acceptors (Lipinski definition) is 5. The minimum Gasteiger partial charge on any atom is -0.480 e. The predicted octanol–water partition coefficient (Wildman–Crippen LogP) is 1.72. The maximum absolute atomic E-state index is 11.0. The van der Waals surface area contributed by atoms with E-state index in [0.717, 1.165) is 4.34 Å². The van der Waals surface area contributed by atoms with Gasteiger partial charge in [0, 0.05) is 18.7 Å². The molecule has 0 amide bonds. The van der Waals surface area contributed by atoms with Crippen LogP contribution in [-0.2, 0) is 9.53 Å². The zero-order valence-electron chi connectivity index (χ0n) is 7.89. The van der Waals surface area contributed by atoms with Crippen LogP contribution in [-0.4, -0.2) is 34.5 Å². The first kappa shape index (κ1) is 11.5. The normalized spacial score (nSPS) is 15.0. The third-order valence-corrected chi connectivity index (χ3v) is 3.72. The SMILES string of the molecule is COCC(C)(Sc1nccs1)C(=O)O. The summed E-state index contributed by atoms with van der Waals surface area (Å²) < 4.78 is 4.67. The van der Waals surface area contributed by atoms with E-state index < -0.39 is 10.7 Å². The van der Waals surface area contributed by atoms with Crippen molar-refractivity contribution in [2.45, 2.75) is 16.0 Å². The number of aliphatic carboxylic acids is 1. The summed E-state index contributed by atoms with van der Waals surface area (Å²) in [6.07, 6.45) is 1.65. The standard InChI is InChI=1S/C8H11NO3S2/c1-8(5-12-2,6(10)11)14-7-9-3-4-13-7/h3-4H,5H2,1-2H3,(H,10,11). The van der Waals surface area contributed by atoms with Crippen LogP contribution in [0.15, 0.2) is 15.9 Å². The Hall–Kier alpha value is -0.590. The summed E-state index contributed by atoms with van der Waals surface area (Å²) in [4.78, 5) is 15.0. The summed E-state index contributed by atoms with van der Waals surface area (Å²) in [5.41, 5.74) is 0. The van der Waals surface area contributed by atoms with Crippen molar-refractivity contribution >= 4 is 29.1 Å². The molecule has 0 spiro atoms. The quantitative estimate of drug-likeness (QED) is 0.785. The average molecular weight is 233 g/mol. The van der Waals surface area contributed by atoms with E-state index in [4.69, 9.17) is 9.84 Å². The third kappa shape index (κ3) is 2.70. The Morgan fingerprint density at radius 3 is 3.00 bits per heavy atom. The van der Waals surface area contributed by atoms with Gasteiger partial charge in [-0.3, -0.25) is 4.79 Å². The Kier molecular flexibility index (Phi) is 3.91. The molecule has 0 fully saturated rings. The highest BCUT2D eigenvalue weighted by molar-refractivity contribution is 8.03. The van der Waals surface area contributed by atoms with Crippen molar-refractivity contribution in [3.8, 4) is 0 Å². The molecule has 1 aromatic heterocycles. The van der Waals surface area contributed by atoms with Gasteiger partial charge in [0.15, 0.2) is 4.34 Å². The second-order valence-electron chi connectivity index (χ2n) is 2.87. The molecule has 78 valence electrons. The molecular formula is C8H11NO3S2. The molecule has 1 aromatic rings. The molecule has 1 heterocycles. The fraction of sp³-hybridized carbons (Fsp3) is 0.500. The zero-order chi connectivity index (χ0) is 10.6. The molecule has 0 aliphatic carbocycles. The molecule has 1 atom stereocenters. The lowest BCUT2D eigenvalue weighted by Gasteiger charge is -2.21. The van der Waals surface area contributed by atoms with Crippen molar-refractivity contribution in [1.82, 2.24) is 4.98 Å². The lowest BCUT2D eigenvalue weighted by atomic mass is 10.2. The van der Waals surface area contributed by atoms with Crippen LogP contribution in [0.5, 0.6) is 0 Å². The Balaban J connectivity index is 2.74. The first-order valence-corrected chi connectivity index (χ1v) is 5.59. The highest BCUT2D eigenvalue weighted by Crippen LogP contribution is 2.34. The molecule has 0 bridgehead atoms. The van der Waals surface area contributed by atoms with Crippen molar-refractivity contribution in [2.24, 2.45) is 0 Å². The Morgan fingerprint density at radius 2 is 2.57 bits per heavy atom. The van der Waals surface area contributed by atoms with Crippen LogP contribution >= 0.6 is 23.1 Å². The number of hydrogen-bond donors (Lipinski definition) is 1. The highest BCUT2D eigenvalue weighted by atomic mass is 32.2. The number of methoxy groups -OCH3 is 1. The van der Waals surface area contributed by atoms with Gasteiger partial charge in [-0.2, -0.15) is 0 Å². The number of ether oxygens (including phenoxy) is 1. The van der Waals surface area contributed by atoms with E-state index in [1.165, 1.54) is 30.2 Å². The van der Waals surface area contributed by atoms with Gasteiger partial charge in [-0.1, -0.05) is 11.8 Å². The summed E-state index contributed by atoms with van der Waals surface area (Å²) in [6, 6.07) is 0. The lowest BCUT2D eigenvalue weighted by molar-refractivity contribution is -0.140. The van der Waals surface area contributed by atoms with E-state index in [1.807, 2.05) is 5.38 Å². The van der Waals surface area contributed by atoms with E-state index in [2.05, 4.69) is 4.98 Å². The van der Waals surface area contributed by atoms with Gasteiger partial charge in [0.05, 0.1) is 6.61 Å². The minimum absolute atomic E-state index is 0.159. The van der Waals surface area contributed by atoms with Crippen LogP contribution in [0.4, 0.5) is 0 Å². The molecule has 14 heavy (non-hydrogen) atoms. The monoisotopic (exact) mass is 233 g/mol. The van der Waals surface area contributed by atoms with E-state index in [-0.39, 0.29) is 6.61 Å². The molecular weight excluding hydrogens is 222 g/mol. The van der Waals surface area contributed by atoms with Gasteiger partial charge in [0.25, 0.3) is 0 Å². The Labute approximate surface area is 90.3 Å². The first-order chi connectivity index (χ1) is 6.58. The number of thioether (sulfide) groups is 1. The number of carboxylic acids is 1. The fourth-order valence-electron chi connectivity index (χ4n) is 0.864.